The van der Waals surface area contributed by atoms with Crippen molar-refractivity contribution in [3.8, 4) is 0 Å². The van der Waals surface area contributed by atoms with Gasteiger partial charge in [-0.25, -0.2) is 9.59 Å². The third kappa shape index (κ3) is 2.45. The first kappa shape index (κ1) is 11.5. The molecule has 0 radical (unpaired) electrons. The maximum Gasteiger partial charge on any atom is 0.326 e. The first-order valence-corrected chi connectivity index (χ1v) is 4.76. The fraction of sp³-hybridized carbons (Fsp3) is 0.667. The highest BCUT2D eigenvalue weighted by Gasteiger charge is 2.35. The minimum Gasteiger partial charge on any atom is -0.480 e. The summed E-state index contributed by atoms with van der Waals surface area (Å²) < 4.78 is 0. The van der Waals surface area contributed by atoms with E-state index >= 15 is 0 Å². The van der Waals surface area contributed by atoms with Crippen molar-refractivity contribution in [3.05, 3.63) is 0 Å². The Labute approximate surface area is 87.2 Å². The third-order valence-corrected chi connectivity index (χ3v) is 2.31. The van der Waals surface area contributed by atoms with Crippen LogP contribution < -0.4 is 5.32 Å². The number of carbonyl (C=O) groups excluding carboxylic acids is 2. The number of carboxylic acids is 1. The third-order valence-electron chi connectivity index (χ3n) is 2.31. The summed E-state index contributed by atoms with van der Waals surface area (Å²) in [5.74, 6) is -1.60. The minimum atomic E-state index is -1.05. The number of nitrogens with one attached hydrogen (secondary N) is 1. The van der Waals surface area contributed by atoms with E-state index in [4.69, 9.17) is 5.11 Å². The van der Waals surface area contributed by atoms with Crippen LogP contribution in [0.4, 0.5) is 4.79 Å². The van der Waals surface area contributed by atoms with E-state index in [2.05, 4.69) is 5.32 Å². The Morgan fingerprint density at radius 1 is 1.47 bits per heavy atom. The van der Waals surface area contributed by atoms with Crippen molar-refractivity contribution in [1.29, 1.82) is 0 Å². The predicted octanol–water partition coefficient (Wildman–Crippen LogP) is 0.0375. The van der Waals surface area contributed by atoms with E-state index in [1.165, 1.54) is 4.90 Å². The second-order valence-electron chi connectivity index (χ2n) is 3.82. The van der Waals surface area contributed by atoms with Crippen molar-refractivity contribution in [2.75, 3.05) is 6.54 Å². The van der Waals surface area contributed by atoms with Crippen LogP contribution in [0.2, 0.25) is 0 Å². The summed E-state index contributed by atoms with van der Waals surface area (Å²) in [4.78, 5) is 34.4. The summed E-state index contributed by atoms with van der Waals surface area (Å²) in [6, 6.07) is -1.49. The van der Waals surface area contributed by atoms with E-state index in [9.17, 15) is 14.4 Å². The molecular weight excluding hydrogens is 200 g/mol. The molecule has 6 nitrogen and oxygen atoms in total. The van der Waals surface area contributed by atoms with Gasteiger partial charge >= 0.3 is 12.0 Å². The summed E-state index contributed by atoms with van der Waals surface area (Å²) in [7, 11) is 0. The minimum absolute atomic E-state index is 0.155. The molecule has 1 fully saturated rings. The molecule has 84 valence electrons. The van der Waals surface area contributed by atoms with Crippen LogP contribution in [-0.4, -0.2) is 40.5 Å². The standard InChI is InChI=1S/C9H14N2O4/c1-5(2)7(8(13)14)11-4-3-6(12)10-9(11)15/h5,7H,3-4H2,1-2H3,(H,13,14)(H,10,12,15). The Bertz CT molecular complexity index is 300. The quantitative estimate of drug-likeness (QED) is 0.694. The lowest BCUT2D eigenvalue weighted by Gasteiger charge is -2.33. The fourth-order valence-corrected chi connectivity index (χ4v) is 1.62. The molecular formula is C9H14N2O4. The van der Waals surface area contributed by atoms with Gasteiger partial charge in [-0.15, -0.1) is 0 Å². The molecule has 1 aliphatic heterocycles. The first-order valence-electron chi connectivity index (χ1n) is 4.76. The molecule has 1 aliphatic rings. The zero-order valence-electron chi connectivity index (χ0n) is 8.69. The Morgan fingerprint density at radius 3 is 2.47 bits per heavy atom. The number of urea groups is 1. The maximum atomic E-state index is 11.4. The Hall–Kier alpha value is -1.59. The van der Waals surface area contributed by atoms with Crippen LogP contribution in [-0.2, 0) is 9.59 Å². The molecule has 0 saturated carbocycles. The normalized spacial score (nSPS) is 19.0. The van der Waals surface area contributed by atoms with Gasteiger partial charge in [0.2, 0.25) is 5.91 Å². The predicted molar refractivity (Wildman–Crippen MR) is 51.1 cm³/mol. The largest absolute Gasteiger partial charge is 0.480 e. The Balaban J connectivity index is 2.80. The molecule has 0 bridgehead atoms. The average molecular weight is 214 g/mol. The molecule has 1 rings (SSSR count). The van der Waals surface area contributed by atoms with E-state index in [-0.39, 0.29) is 24.8 Å². The molecule has 0 aromatic heterocycles. The van der Waals surface area contributed by atoms with Crippen molar-refractivity contribution >= 4 is 17.9 Å². The lowest BCUT2D eigenvalue weighted by atomic mass is 10.0. The molecule has 2 N–H and O–H groups in total. The smallest absolute Gasteiger partial charge is 0.326 e. The molecule has 3 amide bonds. The highest BCUT2D eigenvalue weighted by atomic mass is 16.4. The van der Waals surface area contributed by atoms with Gasteiger partial charge in [-0.1, -0.05) is 13.8 Å². The number of carbonyl (C=O) groups is 3. The fourth-order valence-electron chi connectivity index (χ4n) is 1.62. The Kier molecular flexibility index (Phi) is 3.28. The van der Waals surface area contributed by atoms with Gasteiger partial charge in [-0.2, -0.15) is 0 Å². The number of hydrogen-bond acceptors (Lipinski definition) is 3. The summed E-state index contributed by atoms with van der Waals surface area (Å²) in [6.07, 6.45) is 0.155. The SMILES string of the molecule is CC(C)C(C(=O)O)N1CCC(=O)NC1=O. The van der Waals surface area contributed by atoms with Gasteiger partial charge in [0.05, 0.1) is 0 Å². The van der Waals surface area contributed by atoms with Crippen LogP contribution in [0.1, 0.15) is 20.3 Å². The van der Waals surface area contributed by atoms with Crippen molar-refractivity contribution < 1.29 is 19.5 Å². The zero-order chi connectivity index (χ0) is 11.6. The van der Waals surface area contributed by atoms with Gasteiger partial charge < -0.3 is 10.0 Å². The maximum absolute atomic E-state index is 11.4. The van der Waals surface area contributed by atoms with Crippen LogP contribution in [0.5, 0.6) is 0 Å². The molecule has 6 heteroatoms. The van der Waals surface area contributed by atoms with Crippen LogP contribution in [0.25, 0.3) is 0 Å². The summed E-state index contributed by atoms with van der Waals surface area (Å²) in [5, 5.41) is 11.1. The summed E-state index contributed by atoms with van der Waals surface area (Å²) in [5.41, 5.74) is 0. The van der Waals surface area contributed by atoms with E-state index < -0.39 is 18.0 Å². The van der Waals surface area contributed by atoms with E-state index in [0.717, 1.165) is 0 Å². The number of carboxylic acid groups (broad SMARTS) is 1. The van der Waals surface area contributed by atoms with Crippen molar-refractivity contribution in [3.63, 3.8) is 0 Å². The molecule has 0 aromatic rings. The van der Waals surface area contributed by atoms with Crippen molar-refractivity contribution in [2.45, 2.75) is 26.3 Å². The van der Waals surface area contributed by atoms with Crippen LogP contribution in [0, 0.1) is 5.92 Å². The molecule has 1 unspecified atom stereocenters. The number of amides is 3. The van der Waals surface area contributed by atoms with E-state index in [0.29, 0.717) is 0 Å². The average Bonchev–Trinajstić information content (AvgIpc) is 2.08. The topological polar surface area (TPSA) is 86.7 Å². The number of aliphatic carboxylic acids is 1. The number of rotatable bonds is 3. The molecule has 0 aromatic carbocycles. The highest BCUT2D eigenvalue weighted by molar-refractivity contribution is 5.98. The number of nitrogens with zero attached hydrogens (tertiary/aromatic N) is 1. The highest BCUT2D eigenvalue weighted by Crippen LogP contribution is 2.14. The molecule has 1 heterocycles. The number of imide groups is 1. The van der Waals surface area contributed by atoms with Gasteiger partial charge in [-0.3, -0.25) is 10.1 Å². The molecule has 1 saturated heterocycles. The lowest BCUT2D eigenvalue weighted by Crippen LogP contribution is -2.57. The second-order valence-corrected chi connectivity index (χ2v) is 3.82. The van der Waals surface area contributed by atoms with Gasteiger partial charge in [0.25, 0.3) is 0 Å². The van der Waals surface area contributed by atoms with Gasteiger partial charge in [0.15, 0.2) is 0 Å². The molecule has 0 spiro atoms. The van der Waals surface area contributed by atoms with Gasteiger partial charge in [0.1, 0.15) is 6.04 Å². The second kappa shape index (κ2) is 4.29. The van der Waals surface area contributed by atoms with Crippen molar-refractivity contribution in [2.24, 2.45) is 5.92 Å². The Morgan fingerprint density at radius 2 is 2.07 bits per heavy atom. The zero-order valence-corrected chi connectivity index (χ0v) is 8.69. The van der Waals surface area contributed by atoms with Gasteiger partial charge in [-0.05, 0) is 5.92 Å². The first-order chi connectivity index (χ1) is 6.93. The van der Waals surface area contributed by atoms with Crippen LogP contribution in [0.3, 0.4) is 0 Å². The van der Waals surface area contributed by atoms with Crippen molar-refractivity contribution in [1.82, 2.24) is 10.2 Å². The monoisotopic (exact) mass is 214 g/mol. The van der Waals surface area contributed by atoms with Gasteiger partial charge in [0, 0.05) is 13.0 Å². The summed E-state index contributed by atoms with van der Waals surface area (Å²) >= 11 is 0. The molecule has 15 heavy (non-hydrogen) atoms. The van der Waals surface area contributed by atoms with E-state index in [1.54, 1.807) is 13.8 Å². The van der Waals surface area contributed by atoms with Crippen LogP contribution in [0.15, 0.2) is 0 Å². The molecule has 0 aliphatic carbocycles. The lowest BCUT2D eigenvalue weighted by molar-refractivity contribution is -0.144. The van der Waals surface area contributed by atoms with E-state index in [1.807, 2.05) is 0 Å². The number of hydrogen-bond donors (Lipinski definition) is 2. The van der Waals surface area contributed by atoms with Crippen LogP contribution >= 0.6 is 0 Å². The molecule has 1 atom stereocenters. The summed E-state index contributed by atoms with van der Waals surface area (Å²) in [6.45, 7) is 3.62.